The van der Waals surface area contributed by atoms with E-state index < -0.39 is 0 Å². The Bertz CT molecular complexity index is 970. The highest BCUT2D eigenvalue weighted by atomic mass is 32.2. The van der Waals surface area contributed by atoms with E-state index in [0.717, 1.165) is 29.4 Å². The number of amides is 1. The molecule has 0 radical (unpaired) electrons. The van der Waals surface area contributed by atoms with Gasteiger partial charge in [0.15, 0.2) is 5.16 Å². The fourth-order valence-corrected chi connectivity index (χ4v) is 3.97. The van der Waals surface area contributed by atoms with Crippen LogP contribution in [-0.4, -0.2) is 26.4 Å². The van der Waals surface area contributed by atoms with E-state index >= 15 is 0 Å². The lowest BCUT2D eigenvalue weighted by molar-refractivity contribution is -0.119. The van der Waals surface area contributed by atoms with Crippen LogP contribution in [0.15, 0.2) is 59.8 Å². The molecule has 0 aliphatic heterocycles. The lowest BCUT2D eigenvalue weighted by atomic mass is 10.1. The molecule has 1 aliphatic carbocycles. The van der Waals surface area contributed by atoms with E-state index in [1.54, 1.807) is 12.1 Å². The van der Waals surface area contributed by atoms with Crippen LogP contribution in [0.2, 0.25) is 0 Å². The normalized spacial score (nSPS) is 14.6. The number of carbonyl (C=O) groups excluding carboxylic acids is 1. The van der Waals surface area contributed by atoms with Crippen LogP contribution in [-0.2, 0) is 11.3 Å². The van der Waals surface area contributed by atoms with Gasteiger partial charge in [0, 0.05) is 5.92 Å². The zero-order chi connectivity index (χ0) is 20.2. The Labute approximate surface area is 173 Å². The standard InChI is InChI=1S/C22H23FN4OS/c1-15(17-9-11-19(23)12-10-17)24-20(28)14-29-22-26-25-21(18-7-8-18)27(22)13-16-5-3-2-4-6-16/h2-6,9-12,15,18H,7-8,13-14H2,1H3,(H,24,28). The summed E-state index contributed by atoms with van der Waals surface area (Å²) in [6.07, 6.45) is 2.29. The molecule has 1 N–H and O–H groups in total. The highest BCUT2D eigenvalue weighted by Gasteiger charge is 2.30. The monoisotopic (exact) mass is 410 g/mol. The number of nitrogens with one attached hydrogen (secondary N) is 1. The summed E-state index contributed by atoms with van der Waals surface area (Å²) in [6, 6.07) is 16.2. The Morgan fingerprint density at radius 2 is 1.90 bits per heavy atom. The van der Waals surface area contributed by atoms with Gasteiger partial charge in [0.1, 0.15) is 11.6 Å². The molecular formula is C22H23FN4OS. The Morgan fingerprint density at radius 3 is 2.59 bits per heavy atom. The Morgan fingerprint density at radius 1 is 1.17 bits per heavy atom. The van der Waals surface area contributed by atoms with Crippen molar-refractivity contribution in [2.24, 2.45) is 0 Å². The summed E-state index contributed by atoms with van der Waals surface area (Å²) in [4.78, 5) is 12.4. The molecule has 0 spiro atoms. The summed E-state index contributed by atoms with van der Waals surface area (Å²) in [5.41, 5.74) is 2.05. The average Bonchev–Trinajstić information content (AvgIpc) is 3.49. The predicted octanol–water partition coefficient (Wildman–Crippen LogP) is 4.31. The number of nitrogens with zero attached hydrogens (tertiary/aromatic N) is 3. The molecule has 5 nitrogen and oxygen atoms in total. The van der Waals surface area contributed by atoms with E-state index in [1.807, 2.05) is 25.1 Å². The molecule has 1 fully saturated rings. The minimum Gasteiger partial charge on any atom is -0.349 e. The van der Waals surface area contributed by atoms with Crippen LogP contribution in [0.3, 0.4) is 0 Å². The van der Waals surface area contributed by atoms with E-state index in [4.69, 9.17) is 0 Å². The molecule has 1 saturated carbocycles. The summed E-state index contributed by atoms with van der Waals surface area (Å²) in [5, 5.41) is 12.5. The third-order valence-electron chi connectivity index (χ3n) is 4.95. The van der Waals surface area contributed by atoms with Crippen molar-refractivity contribution in [3.8, 4) is 0 Å². The van der Waals surface area contributed by atoms with Crippen molar-refractivity contribution in [3.05, 3.63) is 77.4 Å². The number of thioether (sulfide) groups is 1. The number of carbonyl (C=O) groups is 1. The van der Waals surface area contributed by atoms with E-state index in [1.165, 1.54) is 29.5 Å². The fourth-order valence-electron chi connectivity index (χ4n) is 3.21. The van der Waals surface area contributed by atoms with Gasteiger partial charge in [-0.2, -0.15) is 0 Å². The maximum absolute atomic E-state index is 13.1. The lowest BCUT2D eigenvalue weighted by Crippen LogP contribution is -2.28. The van der Waals surface area contributed by atoms with E-state index in [-0.39, 0.29) is 23.5 Å². The summed E-state index contributed by atoms with van der Waals surface area (Å²) in [5.74, 6) is 1.37. The molecule has 0 saturated heterocycles. The Kier molecular flexibility index (Phi) is 5.94. The molecule has 0 bridgehead atoms. The van der Waals surface area contributed by atoms with E-state index in [9.17, 15) is 9.18 Å². The third kappa shape index (κ3) is 5.03. The topological polar surface area (TPSA) is 59.8 Å². The zero-order valence-electron chi connectivity index (χ0n) is 16.2. The van der Waals surface area contributed by atoms with Crippen molar-refractivity contribution in [1.82, 2.24) is 20.1 Å². The van der Waals surface area contributed by atoms with Gasteiger partial charge in [0.2, 0.25) is 5.91 Å². The molecule has 1 atom stereocenters. The molecule has 1 heterocycles. The maximum Gasteiger partial charge on any atom is 0.230 e. The molecule has 1 aliphatic rings. The second-order valence-electron chi connectivity index (χ2n) is 7.32. The minimum atomic E-state index is -0.285. The molecule has 29 heavy (non-hydrogen) atoms. The quantitative estimate of drug-likeness (QED) is 0.562. The maximum atomic E-state index is 13.1. The van der Waals surface area contributed by atoms with Crippen LogP contribution in [0, 0.1) is 5.82 Å². The van der Waals surface area contributed by atoms with Crippen LogP contribution >= 0.6 is 11.8 Å². The van der Waals surface area contributed by atoms with Crippen molar-refractivity contribution in [1.29, 1.82) is 0 Å². The second kappa shape index (κ2) is 8.78. The van der Waals surface area contributed by atoms with Gasteiger partial charge < -0.3 is 9.88 Å². The molecule has 7 heteroatoms. The first kappa shape index (κ1) is 19.6. The first-order chi connectivity index (χ1) is 14.1. The summed E-state index contributed by atoms with van der Waals surface area (Å²) >= 11 is 1.40. The van der Waals surface area contributed by atoms with Crippen molar-refractivity contribution >= 4 is 17.7 Å². The van der Waals surface area contributed by atoms with Crippen molar-refractivity contribution in [3.63, 3.8) is 0 Å². The predicted molar refractivity (Wildman–Crippen MR) is 111 cm³/mol. The molecule has 3 aromatic rings. The molecule has 2 aromatic carbocycles. The molecule has 1 aromatic heterocycles. The fraction of sp³-hybridized carbons (Fsp3) is 0.318. The number of rotatable bonds is 8. The number of hydrogen-bond donors (Lipinski definition) is 1. The van der Waals surface area contributed by atoms with Crippen LogP contribution in [0.4, 0.5) is 4.39 Å². The Hall–Kier alpha value is -2.67. The summed E-state index contributed by atoms with van der Waals surface area (Å²) in [6.45, 7) is 2.59. The van der Waals surface area contributed by atoms with Gasteiger partial charge >= 0.3 is 0 Å². The molecular weight excluding hydrogens is 387 g/mol. The first-order valence-electron chi connectivity index (χ1n) is 9.75. The van der Waals surface area contributed by atoms with E-state index in [2.05, 4.69) is 32.2 Å². The SMILES string of the molecule is CC(NC(=O)CSc1nnc(C2CC2)n1Cc1ccccc1)c1ccc(F)cc1. The van der Waals surface area contributed by atoms with Gasteiger partial charge in [-0.05, 0) is 43.0 Å². The Balaban J connectivity index is 1.40. The van der Waals surface area contributed by atoms with Gasteiger partial charge in [-0.3, -0.25) is 4.79 Å². The summed E-state index contributed by atoms with van der Waals surface area (Å²) in [7, 11) is 0. The van der Waals surface area contributed by atoms with Gasteiger partial charge in [0.25, 0.3) is 0 Å². The van der Waals surface area contributed by atoms with Crippen LogP contribution in [0.25, 0.3) is 0 Å². The van der Waals surface area contributed by atoms with Gasteiger partial charge in [-0.25, -0.2) is 4.39 Å². The third-order valence-corrected chi connectivity index (χ3v) is 5.92. The summed E-state index contributed by atoms with van der Waals surface area (Å²) < 4.78 is 15.2. The highest BCUT2D eigenvalue weighted by molar-refractivity contribution is 7.99. The highest BCUT2D eigenvalue weighted by Crippen LogP contribution is 2.40. The largest absolute Gasteiger partial charge is 0.349 e. The van der Waals surface area contributed by atoms with Crippen LogP contribution in [0.1, 0.15) is 48.7 Å². The van der Waals surface area contributed by atoms with Gasteiger partial charge in [-0.1, -0.05) is 54.2 Å². The average molecular weight is 411 g/mol. The van der Waals surface area contributed by atoms with Crippen LogP contribution in [0.5, 0.6) is 0 Å². The first-order valence-corrected chi connectivity index (χ1v) is 10.7. The van der Waals surface area contributed by atoms with Crippen molar-refractivity contribution in [2.45, 2.75) is 43.4 Å². The van der Waals surface area contributed by atoms with Crippen molar-refractivity contribution in [2.75, 3.05) is 5.75 Å². The second-order valence-corrected chi connectivity index (χ2v) is 8.26. The molecule has 1 amide bonds. The smallest absolute Gasteiger partial charge is 0.230 e. The molecule has 1 unspecified atom stereocenters. The lowest BCUT2D eigenvalue weighted by Gasteiger charge is -2.14. The van der Waals surface area contributed by atoms with Crippen molar-refractivity contribution < 1.29 is 9.18 Å². The zero-order valence-corrected chi connectivity index (χ0v) is 17.0. The van der Waals surface area contributed by atoms with Gasteiger partial charge in [0.05, 0.1) is 18.3 Å². The van der Waals surface area contributed by atoms with Gasteiger partial charge in [-0.15, -0.1) is 10.2 Å². The number of benzene rings is 2. The van der Waals surface area contributed by atoms with E-state index in [0.29, 0.717) is 12.5 Å². The molecule has 150 valence electrons. The number of aromatic nitrogens is 3. The minimum absolute atomic E-state index is 0.0888. The molecule has 4 rings (SSSR count). The van der Waals surface area contributed by atoms with Crippen LogP contribution < -0.4 is 5.32 Å². The number of halogens is 1. The number of hydrogen-bond acceptors (Lipinski definition) is 4.